The molecule has 1 N–H and O–H groups in total. The summed E-state index contributed by atoms with van der Waals surface area (Å²) in [5.74, 6) is 0.488. The Morgan fingerprint density at radius 3 is 2.39 bits per heavy atom. The molecule has 0 bridgehead atoms. The lowest BCUT2D eigenvalue weighted by molar-refractivity contribution is 0.0955. The molecule has 0 unspecified atom stereocenters. The third kappa shape index (κ3) is 6.34. The maximum atomic E-state index is 12.5. The SMILES string of the molecule is CS(=O)(=O)N(Cc1ccccc1)c1ccc(C(=O)N/N=C\c2ccc(-c3ccc(Cl)cc3Cl)o2)cc1. The highest BCUT2D eigenvalue weighted by Crippen LogP contribution is 2.31. The van der Waals surface area contributed by atoms with Gasteiger partial charge in [-0.25, -0.2) is 13.8 Å². The smallest absolute Gasteiger partial charge is 0.271 e. The number of carbonyl (C=O) groups is 1. The van der Waals surface area contributed by atoms with E-state index in [2.05, 4.69) is 10.5 Å². The molecule has 1 amide bonds. The summed E-state index contributed by atoms with van der Waals surface area (Å²) in [6, 6.07) is 24.0. The van der Waals surface area contributed by atoms with Crippen LogP contribution in [0.2, 0.25) is 10.0 Å². The normalized spacial score (nSPS) is 11.5. The number of amides is 1. The lowest BCUT2D eigenvalue weighted by Crippen LogP contribution is -2.29. The molecule has 184 valence electrons. The van der Waals surface area contributed by atoms with Gasteiger partial charge in [0, 0.05) is 16.1 Å². The van der Waals surface area contributed by atoms with E-state index in [9.17, 15) is 13.2 Å². The van der Waals surface area contributed by atoms with Crippen LogP contribution < -0.4 is 9.73 Å². The van der Waals surface area contributed by atoms with Crippen LogP contribution in [0.1, 0.15) is 21.7 Å². The quantitative estimate of drug-likeness (QED) is 0.219. The molecule has 7 nitrogen and oxygen atoms in total. The molecule has 0 saturated carbocycles. The molecule has 0 radical (unpaired) electrons. The maximum absolute atomic E-state index is 12.5. The fraction of sp³-hybridized carbons (Fsp3) is 0.0769. The molecule has 1 aromatic heterocycles. The van der Waals surface area contributed by atoms with Gasteiger partial charge in [-0.05, 0) is 60.2 Å². The standard InChI is InChI=1S/C26H21Cl2N3O4S/c1-36(33,34)31(17-18-5-3-2-4-6-18)21-10-7-19(8-11-21)26(32)30-29-16-22-12-14-25(35-22)23-13-9-20(27)15-24(23)28/h2-16H,17H2,1H3,(H,30,32)/b29-16-. The average molecular weight is 542 g/mol. The van der Waals surface area contributed by atoms with Gasteiger partial charge in [-0.1, -0.05) is 53.5 Å². The minimum Gasteiger partial charge on any atom is -0.455 e. The van der Waals surface area contributed by atoms with E-state index in [0.717, 1.165) is 11.8 Å². The van der Waals surface area contributed by atoms with Gasteiger partial charge in [0.25, 0.3) is 5.91 Å². The van der Waals surface area contributed by atoms with Crippen molar-refractivity contribution >= 4 is 51.0 Å². The van der Waals surface area contributed by atoms with Crippen molar-refractivity contribution in [3.05, 3.63) is 112 Å². The van der Waals surface area contributed by atoms with Crippen LogP contribution in [0.5, 0.6) is 0 Å². The minimum absolute atomic E-state index is 0.182. The number of nitrogens with one attached hydrogen (secondary N) is 1. The van der Waals surface area contributed by atoms with Gasteiger partial charge in [0.1, 0.15) is 11.5 Å². The second kappa shape index (κ2) is 11.0. The third-order valence-corrected chi connectivity index (χ3v) is 6.86. The predicted molar refractivity (Wildman–Crippen MR) is 143 cm³/mol. The second-order valence-electron chi connectivity index (χ2n) is 7.83. The molecule has 0 fully saturated rings. The van der Waals surface area contributed by atoms with Crippen LogP contribution in [0.4, 0.5) is 5.69 Å². The van der Waals surface area contributed by atoms with E-state index in [-0.39, 0.29) is 6.54 Å². The van der Waals surface area contributed by atoms with Crippen LogP contribution in [0.15, 0.2) is 94.4 Å². The lowest BCUT2D eigenvalue weighted by Gasteiger charge is -2.22. The summed E-state index contributed by atoms with van der Waals surface area (Å²) >= 11 is 12.1. The highest BCUT2D eigenvalue weighted by atomic mass is 35.5. The maximum Gasteiger partial charge on any atom is 0.271 e. The summed E-state index contributed by atoms with van der Waals surface area (Å²) in [4.78, 5) is 12.5. The number of nitrogens with zero attached hydrogens (tertiary/aromatic N) is 2. The molecule has 0 aliphatic rings. The number of furan rings is 1. The number of hydrogen-bond donors (Lipinski definition) is 1. The Morgan fingerprint density at radius 1 is 1.00 bits per heavy atom. The third-order valence-electron chi connectivity index (χ3n) is 5.17. The number of anilines is 1. The van der Waals surface area contributed by atoms with Crippen molar-refractivity contribution in [1.82, 2.24) is 5.43 Å². The Kier molecular flexibility index (Phi) is 7.79. The summed E-state index contributed by atoms with van der Waals surface area (Å²) in [7, 11) is -3.53. The zero-order valence-electron chi connectivity index (χ0n) is 19.1. The Bertz CT molecular complexity index is 1500. The number of rotatable bonds is 8. The van der Waals surface area contributed by atoms with Crippen LogP contribution in [-0.2, 0) is 16.6 Å². The molecule has 0 aliphatic heterocycles. The fourth-order valence-corrected chi connectivity index (χ4v) is 4.79. The summed E-state index contributed by atoms with van der Waals surface area (Å²) in [6.07, 6.45) is 2.51. The first-order valence-electron chi connectivity index (χ1n) is 10.7. The second-order valence-corrected chi connectivity index (χ2v) is 10.6. The Hall–Kier alpha value is -3.59. The van der Waals surface area contributed by atoms with Gasteiger partial charge >= 0.3 is 0 Å². The van der Waals surface area contributed by atoms with Crippen molar-refractivity contribution in [3.8, 4) is 11.3 Å². The van der Waals surface area contributed by atoms with Crippen LogP contribution in [0.25, 0.3) is 11.3 Å². The minimum atomic E-state index is -3.53. The zero-order chi connectivity index (χ0) is 25.7. The van der Waals surface area contributed by atoms with Crippen molar-refractivity contribution in [2.45, 2.75) is 6.54 Å². The number of hydrogen-bond acceptors (Lipinski definition) is 5. The van der Waals surface area contributed by atoms with Crippen molar-refractivity contribution < 1.29 is 17.6 Å². The van der Waals surface area contributed by atoms with E-state index < -0.39 is 15.9 Å². The summed E-state index contributed by atoms with van der Waals surface area (Å²) in [5, 5.41) is 4.91. The first-order chi connectivity index (χ1) is 17.2. The summed E-state index contributed by atoms with van der Waals surface area (Å²) < 4.78 is 31.7. The Morgan fingerprint density at radius 2 is 1.72 bits per heavy atom. The van der Waals surface area contributed by atoms with Crippen LogP contribution in [0.3, 0.4) is 0 Å². The molecular formula is C26H21Cl2N3O4S. The summed E-state index contributed by atoms with van der Waals surface area (Å²) in [5.41, 5.74) is 4.72. The molecular weight excluding hydrogens is 521 g/mol. The van der Waals surface area contributed by atoms with Crippen molar-refractivity contribution in [3.63, 3.8) is 0 Å². The van der Waals surface area contributed by atoms with Crippen molar-refractivity contribution in [2.24, 2.45) is 5.10 Å². The van der Waals surface area contributed by atoms with Crippen LogP contribution in [-0.4, -0.2) is 26.8 Å². The molecule has 36 heavy (non-hydrogen) atoms. The molecule has 4 aromatic rings. The van der Waals surface area contributed by atoms with Crippen LogP contribution >= 0.6 is 23.2 Å². The first kappa shape index (κ1) is 25.5. The largest absolute Gasteiger partial charge is 0.455 e. The van der Waals surface area contributed by atoms with Gasteiger partial charge < -0.3 is 4.42 Å². The summed E-state index contributed by atoms with van der Waals surface area (Å²) in [6.45, 7) is 0.182. The van der Waals surface area contributed by atoms with E-state index in [4.69, 9.17) is 27.6 Å². The van der Waals surface area contributed by atoms with Gasteiger partial charge in [-0.3, -0.25) is 9.10 Å². The molecule has 0 atom stereocenters. The molecule has 3 aromatic carbocycles. The topological polar surface area (TPSA) is 92.0 Å². The number of hydrazone groups is 1. The highest BCUT2D eigenvalue weighted by Gasteiger charge is 2.18. The number of sulfonamides is 1. The average Bonchev–Trinajstić information content (AvgIpc) is 3.31. The van der Waals surface area contributed by atoms with Crippen LogP contribution in [0, 0.1) is 0 Å². The van der Waals surface area contributed by atoms with E-state index in [1.54, 1.807) is 42.5 Å². The van der Waals surface area contributed by atoms with Gasteiger partial charge in [-0.2, -0.15) is 5.10 Å². The predicted octanol–water partition coefficient (Wildman–Crippen LogP) is 5.98. The molecule has 0 spiro atoms. The van der Waals surface area contributed by atoms with E-state index in [0.29, 0.717) is 38.4 Å². The van der Waals surface area contributed by atoms with Gasteiger partial charge in [0.05, 0.1) is 29.7 Å². The number of carbonyl (C=O) groups excluding carboxylic acids is 1. The van der Waals surface area contributed by atoms with Gasteiger partial charge in [-0.15, -0.1) is 0 Å². The van der Waals surface area contributed by atoms with E-state index in [1.165, 1.54) is 22.7 Å². The molecule has 1 heterocycles. The lowest BCUT2D eigenvalue weighted by atomic mass is 10.2. The van der Waals surface area contributed by atoms with E-state index >= 15 is 0 Å². The van der Waals surface area contributed by atoms with E-state index in [1.807, 2.05) is 30.3 Å². The molecule has 4 rings (SSSR count). The number of benzene rings is 3. The number of halogens is 2. The Balaban J connectivity index is 1.41. The molecule has 10 heteroatoms. The molecule has 0 aliphatic carbocycles. The van der Waals surface area contributed by atoms with Gasteiger partial charge in [0.2, 0.25) is 10.0 Å². The zero-order valence-corrected chi connectivity index (χ0v) is 21.4. The van der Waals surface area contributed by atoms with Crippen molar-refractivity contribution in [2.75, 3.05) is 10.6 Å². The van der Waals surface area contributed by atoms with Gasteiger partial charge in [0.15, 0.2) is 0 Å². The fourth-order valence-electron chi connectivity index (χ4n) is 3.40. The Labute approximate surface area is 219 Å². The monoisotopic (exact) mass is 541 g/mol. The first-order valence-corrected chi connectivity index (χ1v) is 13.3. The highest BCUT2D eigenvalue weighted by molar-refractivity contribution is 7.92. The van der Waals surface area contributed by atoms with Crippen molar-refractivity contribution in [1.29, 1.82) is 0 Å². The molecule has 0 saturated heterocycles.